The van der Waals surface area contributed by atoms with Crippen molar-refractivity contribution in [2.45, 2.75) is 65.2 Å². The van der Waals surface area contributed by atoms with Crippen LogP contribution in [0.4, 0.5) is 0 Å². The van der Waals surface area contributed by atoms with Crippen LogP contribution in [0.5, 0.6) is 0 Å². The first-order chi connectivity index (χ1) is 12.6. The summed E-state index contributed by atoms with van der Waals surface area (Å²) in [5.74, 6) is 0.788. The van der Waals surface area contributed by atoms with Crippen molar-refractivity contribution in [2.24, 2.45) is 5.92 Å². The topological polar surface area (TPSA) is 0 Å². The SMILES string of the molecule is CCCCC(CC)CC1(c2cccs2)c2cc(C)sc2-c2sc(C)cc21. The van der Waals surface area contributed by atoms with Gasteiger partial charge in [0.2, 0.25) is 0 Å². The van der Waals surface area contributed by atoms with E-state index in [4.69, 9.17) is 0 Å². The first-order valence-electron chi connectivity index (χ1n) is 9.86. The van der Waals surface area contributed by atoms with Crippen LogP contribution in [0.2, 0.25) is 0 Å². The number of unbranched alkanes of at least 4 members (excludes halogenated alkanes) is 1. The molecule has 0 nitrogen and oxygen atoms in total. The van der Waals surface area contributed by atoms with Crippen LogP contribution < -0.4 is 0 Å². The molecule has 0 saturated carbocycles. The van der Waals surface area contributed by atoms with E-state index in [-0.39, 0.29) is 5.41 Å². The Morgan fingerprint density at radius 1 is 1.00 bits per heavy atom. The molecule has 1 aliphatic carbocycles. The van der Waals surface area contributed by atoms with Gasteiger partial charge >= 0.3 is 0 Å². The number of rotatable bonds is 7. The standard InChI is InChI=1S/C23H28S3/c1-5-7-9-17(6-2)14-23(20-10-8-11-24-20)18-12-15(3)25-21(18)22-19(23)13-16(4)26-22/h8,10-13,17H,5-7,9,14H2,1-4H3. The van der Waals surface area contributed by atoms with E-state index in [2.05, 4.69) is 57.3 Å². The molecule has 0 bridgehead atoms. The largest absolute Gasteiger partial charge is 0.148 e. The average Bonchev–Trinajstić information content (AvgIpc) is 3.37. The normalized spacial score (nSPS) is 15.8. The summed E-state index contributed by atoms with van der Waals surface area (Å²) in [6.07, 6.45) is 6.55. The summed E-state index contributed by atoms with van der Waals surface area (Å²) in [6.45, 7) is 9.25. The van der Waals surface area contributed by atoms with Gasteiger partial charge in [0.25, 0.3) is 0 Å². The molecule has 0 radical (unpaired) electrons. The van der Waals surface area contributed by atoms with Gasteiger partial charge in [-0.25, -0.2) is 0 Å². The molecule has 1 atom stereocenters. The van der Waals surface area contributed by atoms with E-state index in [9.17, 15) is 0 Å². The van der Waals surface area contributed by atoms with Gasteiger partial charge in [0.05, 0.1) is 5.41 Å². The molecule has 0 saturated heterocycles. The molecule has 0 spiro atoms. The van der Waals surface area contributed by atoms with Crippen molar-refractivity contribution >= 4 is 34.0 Å². The zero-order valence-corrected chi connectivity index (χ0v) is 18.7. The van der Waals surface area contributed by atoms with Crippen LogP contribution >= 0.6 is 34.0 Å². The molecule has 3 aromatic heterocycles. The van der Waals surface area contributed by atoms with Gasteiger partial charge in [-0.05, 0) is 60.9 Å². The zero-order chi connectivity index (χ0) is 18.3. The monoisotopic (exact) mass is 400 g/mol. The second kappa shape index (κ2) is 7.26. The molecule has 138 valence electrons. The highest BCUT2D eigenvalue weighted by atomic mass is 32.1. The lowest BCUT2D eigenvalue weighted by Gasteiger charge is -2.34. The van der Waals surface area contributed by atoms with Crippen LogP contribution in [-0.4, -0.2) is 0 Å². The third-order valence-corrected chi connectivity index (χ3v) is 9.21. The first-order valence-corrected chi connectivity index (χ1v) is 12.4. The molecular weight excluding hydrogens is 372 g/mol. The summed E-state index contributed by atoms with van der Waals surface area (Å²) in [7, 11) is 0. The first kappa shape index (κ1) is 18.5. The summed E-state index contributed by atoms with van der Waals surface area (Å²) in [5, 5.41) is 2.26. The highest BCUT2D eigenvalue weighted by Crippen LogP contribution is 2.61. The van der Waals surface area contributed by atoms with Crippen molar-refractivity contribution in [2.75, 3.05) is 0 Å². The molecular formula is C23H28S3. The van der Waals surface area contributed by atoms with E-state index in [1.165, 1.54) is 41.9 Å². The van der Waals surface area contributed by atoms with Crippen LogP contribution in [-0.2, 0) is 5.41 Å². The Morgan fingerprint density at radius 3 is 2.15 bits per heavy atom. The van der Waals surface area contributed by atoms with Crippen LogP contribution in [0.25, 0.3) is 9.75 Å². The maximum Gasteiger partial charge on any atom is 0.0577 e. The maximum atomic E-state index is 2.49. The molecule has 0 amide bonds. The second-order valence-electron chi connectivity index (χ2n) is 7.70. The fourth-order valence-corrected chi connectivity index (χ4v) is 7.93. The highest BCUT2D eigenvalue weighted by molar-refractivity contribution is 7.22. The van der Waals surface area contributed by atoms with Gasteiger partial charge < -0.3 is 0 Å². The minimum absolute atomic E-state index is 0.0861. The number of fused-ring (bicyclic) bond motifs is 3. The third kappa shape index (κ3) is 2.83. The summed E-state index contributed by atoms with van der Waals surface area (Å²) in [5.41, 5.74) is 3.28. The molecule has 26 heavy (non-hydrogen) atoms. The quantitative estimate of drug-likeness (QED) is 0.373. The maximum absolute atomic E-state index is 2.49. The molecule has 0 aliphatic heterocycles. The van der Waals surface area contributed by atoms with E-state index in [0.717, 1.165) is 5.92 Å². The van der Waals surface area contributed by atoms with Gasteiger partial charge in [-0.2, -0.15) is 0 Å². The molecule has 0 aromatic carbocycles. The fourth-order valence-electron chi connectivity index (χ4n) is 4.63. The molecule has 1 aliphatic rings. The van der Waals surface area contributed by atoms with Crippen LogP contribution in [0, 0.1) is 19.8 Å². The van der Waals surface area contributed by atoms with Gasteiger partial charge in [-0.3, -0.25) is 0 Å². The second-order valence-corrected chi connectivity index (χ2v) is 11.2. The van der Waals surface area contributed by atoms with Gasteiger partial charge in [-0.15, -0.1) is 34.0 Å². The smallest absolute Gasteiger partial charge is 0.0577 e. The molecule has 3 heterocycles. The number of thiophene rings is 3. The Kier molecular flexibility index (Phi) is 5.15. The zero-order valence-electron chi connectivity index (χ0n) is 16.2. The molecule has 4 rings (SSSR count). The summed E-state index contributed by atoms with van der Waals surface area (Å²) in [4.78, 5) is 7.55. The predicted molar refractivity (Wildman–Crippen MR) is 119 cm³/mol. The van der Waals surface area contributed by atoms with Crippen LogP contribution in [0.1, 0.15) is 71.7 Å². The van der Waals surface area contributed by atoms with Gasteiger partial charge in [-0.1, -0.05) is 45.6 Å². The minimum Gasteiger partial charge on any atom is -0.148 e. The van der Waals surface area contributed by atoms with E-state index < -0.39 is 0 Å². The molecule has 0 N–H and O–H groups in total. The molecule has 3 heteroatoms. The fraction of sp³-hybridized carbons (Fsp3) is 0.478. The lowest BCUT2D eigenvalue weighted by molar-refractivity contribution is 0.366. The third-order valence-electron chi connectivity index (χ3n) is 5.92. The van der Waals surface area contributed by atoms with Crippen molar-refractivity contribution < 1.29 is 0 Å². The van der Waals surface area contributed by atoms with E-state index in [1.807, 2.05) is 34.0 Å². The van der Waals surface area contributed by atoms with Crippen LogP contribution in [0.3, 0.4) is 0 Å². The highest BCUT2D eigenvalue weighted by Gasteiger charge is 2.48. The van der Waals surface area contributed by atoms with Gasteiger partial charge in [0.15, 0.2) is 0 Å². The number of aryl methyl sites for hydroxylation is 2. The van der Waals surface area contributed by atoms with Crippen molar-refractivity contribution in [3.05, 3.63) is 55.4 Å². The van der Waals surface area contributed by atoms with Crippen molar-refractivity contribution in [1.29, 1.82) is 0 Å². The summed E-state index contributed by atoms with van der Waals surface area (Å²) < 4.78 is 0. The van der Waals surface area contributed by atoms with Crippen LogP contribution in [0.15, 0.2) is 29.6 Å². The van der Waals surface area contributed by atoms with E-state index in [0.29, 0.717) is 0 Å². The lowest BCUT2D eigenvalue weighted by Crippen LogP contribution is -2.28. The Hall–Kier alpha value is -0.900. The Morgan fingerprint density at radius 2 is 1.65 bits per heavy atom. The van der Waals surface area contributed by atoms with E-state index in [1.54, 1.807) is 25.8 Å². The van der Waals surface area contributed by atoms with Crippen molar-refractivity contribution in [3.63, 3.8) is 0 Å². The number of hydrogen-bond acceptors (Lipinski definition) is 3. The average molecular weight is 401 g/mol. The van der Waals surface area contributed by atoms with Crippen molar-refractivity contribution in [3.8, 4) is 9.75 Å². The molecule has 1 unspecified atom stereocenters. The predicted octanol–water partition coefficient (Wildman–Crippen LogP) is 8.41. The molecule has 3 aromatic rings. The lowest BCUT2D eigenvalue weighted by atomic mass is 9.70. The Balaban J connectivity index is 1.91. The number of hydrogen-bond donors (Lipinski definition) is 0. The summed E-state index contributed by atoms with van der Waals surface area (Å²) in [6, 6.07) is 9.61. The summed E-state index contributed by atoms with van der Waals surface area (Å²) >= 11 is 5.95. The Labute approximate surface area is 169 Å². The minimum atomic E-state index is 0.0861. The van der Waals surface area contributed by atoms with Gasteiger partial charge in [0.1, 0.15) is 0 Å². The van der Waals surface area contributed by atoms with E-state index >= 15 is 0 Å². The van der Waals surface area contributed by atoms with Crippen molar-refractivity contribution in [1.82, 2.24) is 0 Å². The Bertz CT molecular complexity index is 833. The van der Waals surface area contributed by atoms with Gasteiger partial charge in [0, 0.05) is 24.4 Å². The molecule has 0 fully saturated rings.